The highest BCUT2D eigenvalue weighted by molar-refractivity contribution is 5.72. The van der Waals surface area contributed by atoms with Crippen LogP contribution in [0.5, 0.6) is 0 Å². The molecule has 2 aromatic heterocycles. The Kier molecular flexibility index (Phi) is 2.19. The lowest BCUT2D eigenvalue weighted by Crippen LogP contribution is -2.11. The van der Waals surface area contributed by atoms with Gasteiger partial charge in [0, 0.05) is 11.8 Å². The predicted octanol–water partition coefficient (Wildman–Crippen LogP) is 1.99. The lowest BCUT2D eigenvalue weighted by molar-refractivity contribution is 1.18. The first-order valence-corrected chi connectivity index (χ1v) is 5.25. The normalized spacial score (nSPS) is 10.6. The molecular formula is C13H9N3O. The number of nitrogens with zero attached hydrogens (tertiary/aromatic N) is 2. The van der Waals surface area contributed by atoms with Gasteiger partial charge >= 0.3 is 0 Å². The number of fused-ring (bicyclic) bond motifs is 1. The van der Waals surface area contributed by atoms with Gasteiger partial charge in [0.05, 0.1) is 5.52 Å². The van der Waals surface area contributed by atoms with Gasteiger partial charge in [-0.1, -0.05) is 30.3 Å². The molecule has 0 atom stereocenters. The number of nitrogens with one attached hydrogen (secondary N) is 1. The van der Waals surface area contributed by atoms with Gasteiger partial charge in [0.2, 0.25) is 0 Å². The molecule has 0 saturated heterocycles. The van der Waals surface area contributed by atoms with Crippen molar-refractivity contribution in [3.05, 3.63) is 59.0 Å². The SMILES string of the molecule is O=c1[nH]c2cccnc2nc1-c1ccccc1. The Morgan fingerprint density at radius 1 is 1.00 bits per heavy atom. The maximum atomic E-state index is 11.9. The summed E-state index contributed by atoms with van der Waals surface area (Å²) in [4.78, 5) is 23.1. The molecule has 2 heterocycles. The quantitative estimate of drug-likeness (QED) is 0.686. The molecule has 0 saturated carbocycles. The zero-order valence-electron chi connectivity index (χ0n) is 8.92. The standard InChI is InChI=1S/C13H9N3O/c17-13-11(9-5-2-1-3-6-9)16-12-10(15-13)7-4-8-14-12/h1-8H,(H,15,17). The monoisotopic (exact) mass is 223 g/mol. The van der Waals surface area contributed by atoms with Gasteiger partial charge in [0.1, 0.15) is 5.69 Å². The summed E-state index contributed by atoms with van der Waals surface area (Å²) in [6.45, 7) is 0. The lowest BCUT2D eigenvalue weighted by atomic mass is 10.1. The maximum Gasteiger partial charge on any atom is 0.275 e. The van der Waals surface area contributed by atoms with Crippen LogP contribution in [0, 0.1) is 0 Å². The zero-order chi connectivity index (χ0) is 11.7. The van der Waals surface area contributed by atoms with Gasteiger partial charge < -0.3 is 4.98 Å². The highest BCUT2D eigenvalue weighted by Crippen LogP contribution is 2.13. The summed E-state index contributed by atoms with van der Waals surface area (Å²) in [6.07, 6.45) is 1.66. The molecule has 3 aromatic rings. The van der Waals surface area contributed by atoms with Gasteiger partial charge in [-0.25, -0.2) is 9.97 Å². The molecule has 0 aliphatic carbocycles. The molecule has 0 unspecified atom stereocenters. The molecule has 3 rings (SSSR count). The van der Waals surface area contributed by atoms with Crippen molar-refractivity contribution in [3.8, 4) is 11.3 Å². The third-order valence-electron chi connectivity index (χ3n) is 2.51. The maximum absolute atomic E-state index is 11.9. The van der Waals surface area contributed by atoms with Gasteiger partial charge in [0.25, 0.3) is 5.56 Å². The molecule has 82 valence electrons. The van der Waals surface area contributed by atoms with E-state index in [-0.39, 0.29) is 5.56 Å². The van der Waals surface area contributed by atoms with Crippen molar-refractivity contribution in [3.63, 3.8) is 0 Å². The number of H-pyrrole nitrogens is 1. The summed E-state index contributed by atoms with van der Waals surface area (Å²) in [5.74, 6) is 0. The molecule has 4 heteroatoms. The van der Waals surface area contributed by atoms with Crippen molar-refractivity contribution in [2.45, 2.75) is 0 Å². The third kappa shape index (κ3) is 1.69. The Balaban J connectivity index is 2.31. The number of pyridine rings is 1. The number of benzene rings is 1. The van der Waals surface area contributed by atoms with Crippen LogP contribution in [0.25, 0.3) is 22.4 Å². The molecule has 0 aliphatic heterocycles. The van der Waals surface area contributed by atoms with Crippen molar-refractivity contribution in [2.24, 2.45) is 0 Å². The minimum absolute atomic E-state index is 0.197. The van der Waals surface area contributed by atoms with Crippen LogP contribution in [-0.2, 0) is 0 Å². The second kappa shape index (κ2) is 3.83. The summed E-state index contributed by atoms with van der Waals surface area (Å²) >= 11 is 0. The summed E-state index contributed by atoms with van der Waals surface area (Å²) in [5.41, 5.74) is 2.19. The van der Waals surface area contributed by atoms with Crippen LogP contribution in [0.3, 0.4) is 0 Å². The molecule has 0 radical (unpaired) electrons. The second-order valence-electron chi connectivity index (χ2n) is 3.66. The van der Waals surface area contributed by atoms with Crippen LogP contribution in [0.15, 0.2) is 53.5 Å². The molecule has 0 fully saturated rings. The van der Waals surface area contributed by atoms with E-state index in [4.69, 9.17) is 0 Å². The predicted molar refractivity (Wildman–Crippen MR) is 65.6 cm³/mol. The number of aromatic amines is 1. The van der Waals surface area contributed by atoms with E-state index in [9.17, 15) is 4.79 Å². The molecular weight excluding hydrogens is 214 g/mol. The molecule has 1 N–H and O–H groups in total. The highest BCUT2D eigenvalue weighted by atomic mass is 16.1. The van der Waals surface area contributed by atoms with Gasteiger partial charge in [-0.3, -0.25) is 4.79 Å². The third-order valence-corrected chi connectivity index (χ3v) is 2.51. The van der Waals surface area contributed by atoms with Gasteiger partial charge in [-0.2, -0.15) is 0 Å². The Morgan fingerprint density at radius 3 is 2.65 bits per heavy atom. The van der Waals surface area contributed by atoms with E-state index < -0.39 is 0 Å². The smallest absolute Gasteiger partial charge is 0.275 e. The first kappa shape index (κ1) is 9.72. The first-order chi connectivity index (χ1) is 8.34. The molecule has 0 bridgehead atoms. The molecule has 0 aliphatic rings. The Morgan fingerprint density at radius 2 is 1.82 bits per heavy atom. The van der Waals surface area contributed by atoms with E-state index in [0.717, 1.165) is 5.56 Å². The Hall–Kier alpha value is -2.49. The van der Waals surface area contributed by atoms with E-state index in [1.807, 2.05) is 30.3 Å². The van der Waals surface area contributed by atoms with Gasteiger partial charge in [0.15, 0.2) is 5.65 Å². The van der Waals surface area contributed by atoms with Crippen molar-refractivity contribution in [1.29, 1.82) is 0 Å². The van der Waals surface area contributed by atoms with Crippen molar-refractivity contribution < 1.29 is 0 Å². The van der Waals surface area contributed by atoms with Crippen LogP contribution in [0.4, 0.5) is 0 Å². The van der Waals surface area contributed by atoms with Crippen molar-refractivity contribution >= 4 is 11.2 Å². The average molecular weight is 223 g/mol. The minimum Gasteiger partial charge on any atom is -0.317 e. The van der Waals surface area contributed by atoms with Crippen LogP contribution < -0.4 is 5.56 Å². The molecule has 4 nitrogen and oxygen atoms in total. The average Bonchev–Trinajstić information content (AvgIpc) is 2.39. The molecule has 17 heavy (non-hydrogen) atoms. The van der Waals surface area contributed by atoms with E-state index in [1.54, 1.807) is 18.3 Å². The topological polar surface area (TPSA) is 58.6 Å². The largest absolute Gasteiger partial charge is 0.317 e. The van der Waals surface area contributed by atoms with E-state index >= 15 is 0 Å². The second-order valence-corrected chi connectivity index (χ2v) is 3.66. The summed E-state index contributed by atoms with van der Waals surface area (Å²) in [7, 11) is 0. The zero-order valence-corrected chi connectivity index (χ0v) is 8.92. The molecule has 0 amide bonds. The number of rotatable bonds is 1. The summed E-state index contributed by atoms with van der Waals surface area (Å²) in [5, 5.41) is 0. The van der Waals surface area contributed by atoms with Crippen LogP contribution in [-0.4, -0.2) is 15.0 Å². The fourth-order valence-electron chi connectivity index (χ4n) is 1.71. The number of hydrogen-bond donors (Lipinski definition) is 1. The van der Waals surface area contributed by atoms with Gasteiger partial charge in [-0.05, 0) is 12.1 Å². The first-order valence-electron chi connectivity index (χ1n) is 5.25. The highest BCUT2D eigenvalue weighted by Gasteiger charge is 2.06. The number of aromatic nitrogens is 3. The molecule has 1 aromatic carbocycles. The minimum atomic E-state index is -0.197. The van der Waals surface area contributed by atoms with E-state index in [0.29, 0.717) is 16.9 Å². The summed E-state index contributed by atoms with van der Waals surface area (Å²) < 4.78 is 0. The lowest BCUT2D eigenvalue weighted by Gasteiger charge is -2.01. The van der Waals surface area contributed by atoms with Crippen LogP contribution in [0.1, 0.15) is 0 Å². The fourth-order valence-corrected chi connectivity index (χ4v) is 1.71. The van der Waals surface area contributed by atoms with Crippen molar-refractivity contribution in [2.75, 3.05) is 0 Å². The van der Waals surface area contributed by atoms with Crippen LogP contribution in [0.2, 0.25) is 0 Å². The summed E-state index contributed by atoms with van der Waals surface area (Å²) in [6, 6.07) is 12.9. The molecule has 0 spiro atoms. The van der Waals surface area contributed by atoms with Crippen LogP contribution >= 0.6 is 0 Å². The Bertz CT molecular complexity index is 719. The van der Waals surface area contributed by atoms with Gasteiger partial charge in [-0.15, -0.1) is 0 Å². The Labute approximate surface area is 97.0 Å². The fraction of sp³-hybridized carbons (Fsp3) is 0. The van der Waals surface area contributed by atoms with E-state index in [2.05, 4.69) is 15.0 Å². The number of hydrogen-bond acceptors (Lipinski definition) is 3. The van der Waals surface area contributed by atoms with Crippen molar-refractivity contribution in [1.82, 2.24) is 15.0 Å². The van der Waals surface area contributed by atoms with E-state index in [1.165, 1.54) is 0 Å².